The number of carboxylic acids is 1. The molecule has 0 spiro atoms. The lowest BCUT2D eigenvalue weighted by molar-refractivity contribution is -0.137. The van der Waals surface area contributed by atoms with E-state index in [9.17, 15) is 18.0 Å². The molecule has 0 aliphatic rings. The number of hydrogen-bond acceptors (Lipinski definition) is 4. The maximum atomic E-state index is 12.4. The summed E-state index contributed by atoms with van der Waals surface area (Å²) >= 11 is 0. The second-order valence-corrected chi connectivity index (χ2v) is 4.74. The van der Waals surface area contributed by atoms with E-state index in [4.69, 9.17) is 14.9 Å². The molecular weight excluding hydrogens is 327 g/mol. The van der Waals surface area contributed by atoms with Crippen LogP contribution in [0.1, 0.15) is 16.8 Å². The van der Waals surface area contributed by atoms with Gasteiger partial charge in [0, 0.05) is 6.08 Å². The van der Waals surface area contributed by atoms with Gasteiger partial charge in [0.05, 0.1) is 17.5 Å². The van der Waals surface area contributed by atoms with Gasteiger partial charge < -0.3 is 14.9 Å². The number of carboxylic acid groups (broad SMARTS) is 1. The fourth-order valence-electron chi connectivity index (χ4n) is 1.72. The van der Waals surface area contributed by atoms with Crippen LogP contribution in [0.15, 0.2) is 48.4 Å². The fourth-order valence-corrected chi connectivity index (χ4v) is 1.72. The van der Waals surface area contributed by atoms with E-state index in [1.54, 1.807) is 0 Å². The van der Waals surface area contributed by atoms with Gasteiger partial charge in [0.2, 0.25) is 5.76 Å². The molecule has 0 fully saturated rings. The Hall–Kier alpha value is -3.03. The summed E-state index contributed by atoms with van der Waals surface area (Å²) in [7, 11) is 0. The number of nitrogens with zero attached hydrogens (tertiary/aromatic N) is 1. The molecule has 1 heterocycles. The number of halogens is 3. The number of aliphatic carboxylic acids is 1. The minimum atomic E-state index is -4.38. The van der Waals surface area contributed by atoms with Gasteiger partial charge in [0.15, 0.2) is 0 Å². The zero-order chi connectivity index (χ0) is 17.7. The van der Waals surface area contributed by atoms with Gasteiger partial charge in [-0.2, -0.15) is 13.2 Å². The van der Waals surface area contributed by atoms with Crippen LogP contribution in [0.25, 0.3) is 6.08 Å². The Morgan fingerprint density at radius 1 is 1.12 bits per heavy atom. The smallest absolute Gasteiger partial charge is 0.416 e. The van der Waals surface area contributed by atoms with Crippen molar-refractivity contribution in [1.82, 2.24) is 4.98 Å². The van der Waals surface area contributed by atoms with E-state index in [2.05, 4.69) is 4.98 Å². The minimum absolute atomic E-state index is 0.0510. The molecule has 0 unspecified atom stereocenters. The van der Waals surface area contributed by atoms with Crippen molar-refractivity contribution in [3.05, 3.63) is 65.2 Å². The number of aliphatic hydroxyl groups is 1. The Balaban J connectivity index is 1.97. The molecule has 0 bridgehead atoms. The van der Waals surface area contributed by atoms with Crippen LogP contribution in [-0.4, -0.2) is 21.2 Å². The van der Waals surface area contributed by atoms with Crippen LogP contribution in [0.2, 0.25) is 0 Å². The van der Waals surface area contributed by atoms with Crippen LogP contribution in [0, 0.1) is 0 Å². The predicted octanol–water partition coefficient (Wildman–Crippen LogP) is 3.66. The summed E-state index contributed by atoms with van der Waals surface area (Å²) in [5, 5.41) is 17.6. The highest BCUT2D eigenvalue weighted by atomic mass is 19.4. The Kier molecular flexibility index (Phi) is 5.08. The quantitative estimate of drug-likeness (QED) is 0.642. The largest absolute Gasteiger partial charge is 0.502 e. The normalized spacial score (nSPS) is 12.0. The van der Waals surface area contributed by atoms with Crippen LogP contribution >= 0.6 is 0 Å². The zero-order valence-corrected chi connectivity index (χ0v) is 12.1. The molecule has 5 nitrogen and oxygen atoms in total. The van der Waals surface area contributed by atoms with Gasteiger partial charge in [-0.3, -0.25) is 4.98 Å². The molecule has 2 aromatic rings. The zero-order valence-electron chi connectivity index (χ0n) is 12.1. The summed E-state index contributed by atoms with van der Waals surface area (Å²) in [5.74, 6) is -1.97. The summed E-state index contributed by atoms with van der Waals surface area (Å²) in [6.07, 6.45) is -2.10. The molecule has 0 atom stereocenters. The van der Waals surface area contributed by atoms with Crippen molar-refractivity contribution < 1.29 is 32.9 Å². The van der Waals surface area contributed by atoms with Crippen molar-refractivity contribution in [3.63, 3.8) is 0 Å². The Bertz CT molecular complexity index is 737. The first kappa shape index (κ1) is 17.3. The molecule has 24 heavy (non-hydrogen) atoms. The summed E-state index contributed by atoms with van der Waals surface area (Å²) < 4.78 is 42.7. The molecule has 0 aliphatic carbocycles. The second-order valence-electron chi connectivity index (χ2n) is 4.74. The molecule has 2 rings (SSSR count). The molecule has 0 saturated carbocycles. The Morgan fingerprint density at radius 3 is 2.29 bits per heavy atom. The first-order valence-corrected chi connectivity index (χ1v) is 6.64. The summed E-state index contributed by atoms with van der Waals surface area (Å²) in [4.78, 5) is 14.4. The van der Waals surface area contributed by atoms with Gasteiger partial charge in [-0.25, -0.2) is 4.79 Å². The Labute approximate surface area is 134 Å². The third-order valence-electron chi connectivity index (χ3n) is 2.95. The lowest BCUT2D eigenvalue weighted by Gasteiger charge is -2.09. The highest BCUT2D eigenvalue weighted by Gasteiger charge is 2.29. The highest BCUT2D eigenvalue weighted by Crippen LogP contribution is 2.29. The number of aromatic nitrogens is 1. The van der Waals surface area contributed by atoms with Gasteiger partial charge in [0.25, 0.3) is 0 Å². The molecule has 126 valence electrons. The monoisotopic (exact) mass is 339 g/mol. The average Bonchev–Trinajstić information content (AvgIpc) is 2.53. The fraction of sp³-hybridized carbons (Fsp3) is 0.125. The van der Waals surface area contributed by atoms with Crippen LogP contribution in [0.5, 0.6) is 5.75 Å². The number of benzene rings is 1. The Morgan fingerprint density at radius 2 is 1.79 bits per heavy atom. The summed E-state index contributed by atoms with van der Waals surface area (Å²) in [6, 6.07) is 7.51. The number of pyridine rings is 1. The predicted molar refractivity (Wildman–Crippen MR) is 78.3 cm³/mol. The molecule has 0 radical (unpaired) electrons. The van der Waals surface area contributed by atoms with Crippen molar-refractivity contribution in [2.45, 2.75) is 12.8 Å². The SMILES string of the molecule is O=C(O)C(O)=Cc1ccc(OCc2ccc(C(F)(F)F)cc2)cn1. The molecule has 8 heteroatoms. The standard InChI is InChI=1S/C16H12F3NO4/c17-16(18,19)11-3-1-10(2-4-11)9-24-13-6-5-12(20-8-13)7-14(21)15(22)23/h1-8,21H,9H2,(H,22,23). The average molecular weight is 339 g/mol. The summed E-state index contributed by atoms with van der Waals surface area (Å²) in [5.41, 5.74) is 0.0366. The first-order valence-electron chi connectivity index (χ1n) is 6.64. The van der Waals surface area contributed by atoms with Gasteiger partial charge in [-0.05, 0) is 29.8 Å². The number of aliphatic hydroxyl groups excluding tert-OH is 1. The number of carbonyl (C=O) groups is 1. The second kappa shape index (κ2) is 7.03. The van der Waals surface area contributed by atoms with E-state index >= 15 is 0 Å². The van der Waals surface area contributed by atoms with Gasteiger partial charge in [-0.15, -0.1) is 0 Å². The third-order valence-corrected chi connectivity index (χ3v) is 2.95. The van der Waals surface area contributed by atoms with E-state index in [1.807, 2.05) is 0 Å². The lowest BCUT2D eigenvalue weighted by Crippen LogP contribution is -2.05. The molecular formula is C16H12F3NO4. The van der Waals surface area contributed by atoms with Gasteiger partial charge in [0.1, 0.15) is 12.4 Å². The van der Waals surface area contributed by atoms with Crippen molar-refractivity contribution in [2.24, 2.45) is 0 Å². The van der Waals surface area contributed by atoms with Crippen molar-refractivity contribution in [2.75, 3.05) is 0 Å². The van der Waals surface area contributed by atoms with E-state index < -0.39 is 23.5 Å². The summed E-state index contributed by atoms with van der Waals surface area (Å²) in [6.45, 7) is 0.0510. The van der Waals surface area contributed by atoms with E-state index in [-0.39, 0.29) is 12.3 Å². The molecule has 0 aliphatic heterocycles. The van der Waals surface area contributed by atoms with Crippen molar-refractivity contribution in [3.8, 4) is 5.75 Å². The number of hydrogen-bond donors (Lipinski definition) is 2. The highest BCUT2D eigenvalue weighted by molar-refractivity contribution is 5.88. The first-order chi connectivity index (χ1) is 11.3. The molecule has 1 aromatic carbocycles. The lowest BCUT2D eigenvalue weighted by atomic mass is 10.1. The molecule has 1 aromatic heterocycles. The minimum Gasteiger partial charge on any atom is -0.502 e. The molecule has 0 saturated heterocycles. The number of ether oxygens (including phenoxy) is 1. The van der Waals surface area contributed by atoms with Crippen molar-refractivity contribution >= 4 is 12.0 Å². The van der Waals surface area contributed by atoms with Crippen LogP contribution < -0.4 is 4.74 Å². The van der Waals surface area contributed by atoms with Crippen molar-refractivity contribution in [1.29, 1.82) is 0 Å². The van der Waals surface area contributed by atoms with E-state index in [1.165, 1.54) is 30.5 Å². The topological polar surface area (TPSA) is 79.7 Å². The molecule has 2 N–H and O–H groups in total. The van der Waals surface area contributed by atoms with Crippen LogP contribution in [0.3, 0.4) is 0 Å². The number of rotatable bonds is 5. The maximum Gasteiger partial charge on any atom is 0.416 e. The number of alkyl halides is 3. The van der Waals surface area contributed by atoms with E-state index in [0.29, 0.717) is 11.3 Å². The van der Waals surface area contributed by atoms with Crippen LogP contribution in [-0.2, 0) is 17.6 Å². The van der Waals surface area contributed by atoms with E-state index in [0.717, 1.165) is 18.2 Å². The third kappa shape index (κ3) is 4.73. The maximum absolute atomic E-state index is 12.4. The van der Waals surface area contributed by atoms with Crippen LogP contribution in [0.4, 0.5) is 13.2 Å². The molecule has 0 amide bonds. The van der Waals surface area contributed by atoms with Gasteiger partial charge >= 0.3 is 12.1 Å². The van der Waals surface area contributed by atoms with Gasteiger partial charge in [-0.1, -0.05) is 12.1 Å².